The number of aryl methyl sites for hydroxylation is 1. The summed E-state index contributed by atoms with van der Waals surface area (Å²) in [6.07, 6.45) is 0. The Labute approximate surface area is 188 Å². The Morgan fingerprint density at radius 3 is 2.03 bits per heavy atom. The molecule has 1 amide bonds. The Hall–Kier alpha value is -3.21. The number of amides is 1. The molecule has 0 bridgehead atoms. The van der Waals surface area contributed by atoms with Gasteiger partial charge in [-0.05, 0) is 61.0 Å². The van der Waals surface area contributed by atoms with E-state index in [1.807, 2.05) is 0 Å². The van der Waals surface area contributed by atoms with E-state index in [1.54, 1.807) is 49.4 Å². The van der Waals surface area contributed by atoms with Crippen LogP contribution in [0.4, 0.5) is 11.4 Å². The number of sulfonamides is 2. The monoisotopic (exact) mass is 473 g/mol. The van der Waals surface area contributed by atoms with Gasteiger partial charge in [-0.2, -0.15) is 0 Å². The fourth-order valence-electron chi connectivity index (χ4n) is 2.86. The zero-order chi connectivity index (χ0) is 23.5. The highest BCUT2D eigenvalue weighted by molar-refractivity contribution is 7.92. The van der Waals surface area contributed by atoms with Gasteiger partial charge in [0.15, 0.2) is 0 Å². The maximum atomic E-state index is 12.6. The SMILES string of the molecule is Cc1ccc(NC(=O)c2ccc(S(=O)(=O)Nc3ccccc3)cc2)cc1S(=O)(=O)N(C)C. The summed E-state index contributed by atoms with van der Waals surface area (Å²) >= 11 is 0. The molecule has 168 valence electrons. The summed E-state index contributed by atoms with van der Waals surface area (Å²) < 4.78 is 53.6. The van der Waals surface area contributed by atoms with Gasteiger partial charge in [-0.1, -0.05) is 24.3 Å². The largest absolute Gasteiger partial charge is 0.322 e. The third-order valence-corrected chi connectivity index (χ3v) is 8.01. The van der Waals surface area contributed by atoms with E-state index in [0.717, 1.165) is 4.31 Å². The van der Waals surface area contributed by atoms with Gasteiger partial charge in [-0.3, -0.25) is 9.52 Å². The fourth-order valence-corrected chi connectivity index (χ4v) is 5.06. The van der Waals surface area contributed by atoms with Crippen LogP contribution in [0.25, 0.3) is 0 Å². The molecule has 0 fully saturated rings. The number of carbonyl (C=O) groups is 1. The third kappa shape index (κ3) is 5.16. The van der Waals surface area contributed by atoms with Gasteiger partial charge in [-0.25, -0.2) is 21.1 Å². The summed E-state index contributed by atoms with van der Waals surface area (Å²) in [5.41, 5.74) is 1.51. The zero-order valence-electron chi connectivity index (χ0n) is 17.7. The lowest BCUT2D eigenvalue weighted by Crippen LogP contribution is -2.23. The Morgan fingerprint density at radius 1 is 0.812 bits per heavy atom. The average Bonchev–Trinajstić information content (AvgIpc) is 2.75. The van der Waals surface area contributed by atoms with Crippen molar-refractivity contribution in [1.29, 1.82) is 0 Å². The first-order chi connectivity index (χ1) is 15.0. The van der Waals surface area contributed by atoms with E-state index in [0.29, 0.717) is 16.9 Å². The number of hydrogen-bond donors (Lipinski definition) is 2. The van der Waals surface area contributed by atoms with Gasteiger partial charge < -0.3 is 5.32 Å². The zero-order valence-corrected chi connectivity index (χ0v) is 19.4. The minimum Gasteiger partial charge on any atom is -0.322 e. The van der Waals surface area contributed by atoms with Crippen LogP contribution in [-0.2, 0) is 20.0 Å². The maximum Gasteiger partial charge on any atom is 0.261 e. The van der Waals surface area contributed by atoms with E-state index in [2.05, 4.69) is 10.0 Å². The number of hydrogen-bond acceptors (Lipinski definition) is 5. The molecule has 3 rings (SSSR count). The highest BCUT2D eigenvalue weighted by Gasteiger charge is 2.21. The predicted octanol–water partition coefficient (Wildman–Crippen LogP) is 3.30. The van der Waals surface area contributed by atoms with Crippen LogP contribution in [0.15, 0.2) is 82.6 Å². The number of para-hydroxylation sites is 1. The van der Waals surface area contributed by atoms with Gasteiger partial charge in [-0.15, -0.1) is 0 Å². The van der Waals surface area contributed by atoms with E-state index >= 15 is 0 Å². The third-order valence-electron chi connectivity index (χ3n) is 4.66. The fraction of sp³-hybridized carbons (Fsp3) is 0.136. The quantitative estimate of drug-likeness (QED) is 0.547. The second-order valence-corrected chi connectivity index (χ2v) is 11.0. The number of nitrogens with zero attached hydrogens (tertiary/aromatic N) is 1. The molecule has 0 heterocycles. The Morgan fingerprint density at radius 2 is 1.44 bits per heavy atom. The van der Waals surface area contributed by atoms with Crippen molar-refractivity contribution in [3.05, 3.63) is 83.9 Å². The maximum absolute atomic E-state index is 12.6. The number of rotatable bonds is 7. The van der Waals surface area contributed by atoms with Crippen LogP contribution in [-0.4, -0.2) is 41.1 Å². The first-order valence-electron chi connectivity index (χ1n) is 9.53. The van der Waals surface area contributed by atoms with Crippen LogP contribution in [0.5, 0.6) is 0 Å². The lowest BCUT2D eigenvalue weighted by atomic mass is 10.2. The van der Waals surface area contributed by atoms with E-state index < -0.39 is 26.0 Å². The van der Waals surface area contributed by atoms with Crippen molar-refractivity contribution >= 4 is 37.3 Å². The summed E-state index contributed by atoms with van der Waals surface area (Å²) in [4.78, 5) is 12.7. The van der Waals surface area contributed by atoms with Crippen LogP contribution >= 0.6 is 0 Å². The van der Waals surface area contributed by atoms with Crippen LogP contribution < -0.4 is 10.0 Å². The van der Waals surface area contributed by atoms with Crippen LogP contribution in [0.2, 0.25) is 0 Å². The minimum absolute atomic E-state index is 0.00704. The van der Waals surface area contributed by atoms with Crippen molar-refractivity contribution in [3.8, 4) is 0 Å². The number of nitrogens with one attached hydrogen (secondary N) is 2. The van der Waals surface area contributed by atoms with E-state index in [9.17, 15) is 21.6 Å². The molecule has 0 aliphatic heterocycles. The van der Waals surface area contributed by atoms with Crippen molar-refractivity contribution in [2.75, 3.05) is 24.1 Å². The van der Waals surface area contributed by atoms with Gasteiger partial charge in [0.25, 0.3) is 15.9 Å². The lowest BCUT2D eigenvalue weighted by molar-refractivity contribution is 0.102. The van der Waals surface area contributed by atoms with Crippen molar-refractivity contribution in [3.63, 3.8) is 0 Å². The number of anilines is 2. The Bertz CT molecular complexity index is 1340. The van der Waals surface area contributed by atoms with E-state index in [-0.39, 0.29) is 15.4 Å². The van der Waals surface area contributed by atoms with Gasteiger partial charge in [0.1, 0.15) is 0 Å². The van der Waals surface area contributed by atoms with Crippen LogP contribution in [0, 0.1) is 6.92 Å². The molecule has 0 saturated heterocycles. The molecule has 0 radical (unpaired) electrons. The molecule has 32 heavy (non-hydrogen) atoms. The lowest BCUT2D eigenvalue weighted by Gasteiger charge is -2.15. The van der Waals surface area contributed by atoms with Gasteiger partial charge in [0, 0.05) is 31.0 Å². The standard InChI is InChI=1S/C22H23N3O5S2/c1-16-9-12-19(15-21(16)32(29,30)25(2)3)23-22(26)17-10-13-20(14-11-17)31(27,28)24-18-7-5-4-6-8-18/h4-15,24H,1-3H3,(H,23,26). The predicted molar refractivity (Wildman–Crippen MR) is 124 cm³/mol. The number of carbonyl (C=O) groups excluding carboxylic acids is 1. The molecular formula is C22H23N3O5S2. The molecule has 0 aromatic heterocycles. The topological polar surface area (TPSA) is 113 Å². The molecule has 0 spiro atoms. The molecule has 2 N–H and O–H groups in total. The van der Waals surface area contributed by atoms with Gasteiger partial charge in [0.2, 0.25) is 10.0 Å². The minimum atomic E-state index is -3.80. The summed E-state index contributed by atoms with van der Waals surface area (Å²) in [6.45, 7) is 1.67. The summed E-state index contributed by atoms with van der Waals surface area (Å²) in [5.74, 6) is -0.498. The van der Waals surface area contributed by atoms with Crippen molar-refractivity contribution in [2.45, 2.75) is 16.7 Å². The molecule has 0 atom stereocenters. The highest BCUT2D eigenvalue weighted by Crippen LogP contribution is 2.23. The molecule has 0 aliphatic carbocycles. The first kappa shape index (κ1) is 23.5. The van der Waals surface area contributed by atoms with E-state index in [4.69, 9.17) is 0 Å². The second kappa shape index (κ2) is 9.11. The molecular weight excluding hydrogens is 450 g/mol. The van der Waals surface area contributed by atoms with Crippen molar-refractivity contribution in [1.82, 2.24) is 4.31 Å². The Balaban J connectivity index is 1.78. The van der Waals surface area contributed by atoms with Crippen molar-refractivity contribution < 1.29 is 21.6 Å². The molecule has 0 saturated carbocycles. The Kier molecular flexibility index (Phi) is 6.68. The molecule has 0 aliphatic rings. The first-order valence-corrected chi connectivity index (χ1v) is 12.5. The molecule has 10 heteroatoms. The normalized spacial score (nSPS) is 11.9. The average molecular weight is 474 g/mol. The number of benzene rings is 3. The molecule has 0 unspecified atom stereocenters. The van der Waals surface area contributed by atoms with Crippen LogP contribution in [0.3, 0.4) is 0 Å². The van der Waals surface area contributed by atoms with Crippen molar-refractivity contribution in [2.24, 2.45) is 0 Å². The van der Waals surface area contributed by atoms with E-state index in [1.165, 1.54) is 44.4 Å². The van der Waals surface area contributed by atoms with Crippen LogP contribution in [0.1, 0.15) is 15.9 Å². The molecule has 3 aromatic carbocycles. The molecule has 8 nitrogen and oxygen atoms in total. The summed E-state index contributed by atoms with van der Waals surface area (Å²) in [6, 6.07) is 18.5. The summed E-state index contributed by atoms with van der Waals surface area (Å²) in [7, 11) is -4.61. The van der Waals surface area contributed by atoms with Gasteiger partial charge >= 0.3 is 0 Å². The summed E-state index contributed by atoms with van der Waals surface area (Å²) in [5, 5.41) is 2.65. The molecule has 3 aromatic rings. The smallest absolute Gasteiger partial charge is 0.261 e. The van der Waals surface area contributed by atoms with Gasteiger partial charge in [0.05, 0.1) is 9.79 Å². The highest BCUT2D eigenvalue weighted by atomic mass is 32.2. The second-order valence-electron chi connectivity index (χ2n) is 7.22.